The number of nitrogens with zero attached hydrogens (tertiary/aromatic N) is 1. The highest BCUT2D eigenvalue weighted by molar-refractivity contribution is 6.00. The van der Waals surface area contributed by atoms with Crippen molar-refractivity contribution in [3.63, 3.8) is 0 Å². The van der Waals surface area contributed by atoms with Gasteiger partial charge >= 0.3 is 6.18 Å². The van der Waals surface area contributed by atoms with Gasteiger partial charge in [0.1, 0.15) is 0 Å². The minimum absolute atomic E-state index is 0.0163. The number of hydrogen-bond acceptors (Lipinski definition) is 3. The molecule has 0 aromatic heterocycles. The normalized spacial score (nSPS) is 30.4. The number of aliphatic hydroxyl groups excluding tert-OH is 1. The standard InChI is InChI=1S/C20H26F3NO3/c1-13(2)19(27)9-7-18(8-10-19)11-12-24(17(18)26)15-5-3-14(4-6-15)16(25)20(21,22)23/h3-6,13,16,25,27H,7-12H2,1-2H3. The third kappa shape index (κ3) is 3.59. The molecule has 1 aromatic rings. The molecule has 1 spiro atoms. The summed E-state index contributed by atoms with van der Waals surface area (Å²) in [6.07, 6.45) is -4.14. The second-order valence-electron chi connectivity index (χ2n) is 8.28. The Labute approximate surface area is 157 Å². The van der Waals surface area contributed by atoms with Gasteiger partial charge in [0.05, 0.1) is 11.0 Å². The minimum atomic E-state index is -4.72. The second kappa shape index (κ2) is 6.78. The van der Waals surface area contributed by atoms with Crippen LogP contribution >= 0.6 is 0 Å². The van der Waals surface area contributed by atoms with E-state index in [1.165, 1.54) is 24.3 Å². The summed E-state index contributed by atoms with van der Waals surface area (Å²) in [4.78, 5) is 14.7. The molecule has 4 nitrogen and oxygen atoms in total. The summed E-state index contributed by atoms with van der Waals surface area (Å²) in [5.41, 5.74) is -0.911. The van der Waals surface area contributed by atoms with E-state index < -0.39 is 23.3 Å². The molecule has 3 rings (SSSR count). The summed E-state index contributed by atoms with van der Waals surface area (Å²) in [5.74, 6) is 0.118. The molecule has 2 fully saturated rings. The van der Waals surface area contributed by atoms with E-state index in [1.807, 2.05) is 13.8 Å². The molecule has 1 heterocycles. The van der Waals surface area contributed by atoms with Crippen LogP contribution in [0.3, 0.4) is 0 Å². The van der Waals surface area contributed by atoms with E-state index in [0.29, 0.717) is 44.3 Å². The summed E-state index contributed by atoms with van der Waals surface area (Å²) >= 11 is 0. The topological polar surface area (TPSA) is 60.8 Å². The van der Waals surface area contributed by atoms with Crippen LogP contribution in [0.15, 0.2) is 24.3 Å². The number of aliphatic hydroxyl groups is 2. The van der Waals surface area contributed by atoms with Gasteiger partial charge in [0.25, 0.3) is 0 Å². The lowest BCUT2D eigenvalue weighted by Gasteiger charge is -2.43. The molecule has 1 aliphatic carbocycles. The van der Waals surface area contributed by atoms with Crippen molar-refractivity contribution in [2.45, 2.75) is 63.8 Å². The maximum absolute atomic E-state index is 13.1. The van der Waals surface area contributed by atoms with Crippen molar-refractivity contribution < 1.29 is 28.2 Å². The molecule has 150 valence electrons. The van der Waals surface area contributed by atoms with Gasteiger partial charge in [-0.25, -0.2) is 0 Å². The average molecular weight is 385 g/mol. The second-order valence-corrected chi connectivity index (χ2v) is 8.28. The maximum atomic E-state index is 13.1. The molecule has 1 atom stereocenters. The highest BCUT2D eigenvalue weighted by atomic mass is 19.4. The van der Waals surface area contributed by atoms with Gasteiger partial charge in [0, 0.05) is 12.2 Å². The fourth-order valence-electron chi connectivity index (χ4n) is 4.30. The molecule has 1 saturated carbocycles. The van der Waals surface area contributed by atoms with Gasteiger partial charge < -0.3 is 15.1 Å². The van der Waals surface area contributed by atoms with E-state index in [0.717, 1.165) is 0 Å². The molecule has 0 radical (unpaired) electrons. The van der Waals surface area contributed by atoms with Crippen LogP contribution in [0.4, 0.5) is 18.9 Å². The van der Waals surface area contributed by atoms with Gasteiger partial charge in [-0.05, 0) is 55.7 Å². The number of carbonyl (C=O) groups is 1. The Kier molecular flexibility index (Phi) is 5.06. The van der Waals surface area contributed by atoms with Gasteiger partial charge in [-0.1, -0.05) is 26.0 Å². The zero-order chi connectivity index (χ0) is 20.0. The summed E-state index contributed by atoms with van der Waals surface area (Å²) in [5, 5.41) is 20.0. The van der Waals surface area contributed by atoms with E-state index in [1.54, 1.807) is 4.90 Å². The van der Waals surface area contributed by atoms with Crippen LogP contribution in [0.25, 0.3) is 0 Å². The van der Waals surface area contributed by atoms with Crippen molar-refractivity contribution in [3.05, 3.63) is 29.8 Å². The van der Waals surface area contributed by atoms with Crippen LogP contribution < -0.4 is 4.90 Å². The quantitative estimate of drug-likeness (QED) is 0.828. The van der Waals surface area contributed by atoms with Crippen LogP contribution in [0.1, 0.15) is 57.6 Å². The van der Waals surface area contributed by atoms with Gasteiger partial charge in [-0.15, -0.1) is 0 Å². The van der Waals surface area contributed by atoms with Gasteiger partial charge in [-0.3, -0.25) is 4.79 Å². The largest absolute Gasteiger partial charge is 0.418 e. The lowest BCUT2D eigenvalue weighted by Crippen LogP contribution is -2.46. The lowest BCUT2D eigenvalue weighted by atomic mass is 9.65. The number of anilines is 1. The molecule has 27 heavy (non-hydrogen) atoms. The van der Waals surface area contributed by atoms with Gasteiger partial charge in [0.2, 0.25) is 5.91 Å². The summed E-state index contributed by atoms with van der Waals surface area (Å²) in [6, 6.07) is 5.33. The number of amides is 1. The molecular formula is C20H26F3NO3. The first-order valence-corrected chi connectivity index (χ1v) is 9.38. The van der Waals surface area contributed by atoms with Crippen LogP contribution in [-0.4, -0.2) is 34.4 Å². The molecule has 0 bridgehead atoms. The highest BCUT2D eigenvalue weighted by Gasteiger charge is 2.52. The van der Waals surface area contributed by atoms with Crippen LogP contribution in [0.2, 0.25) is 0 Å². The molecule has 2 aliphatic rings. The number of carbonyl (C=O) groups excluding carboxylic acids is 1. The Morgan fingerprint density at radius 2 is 1.59 bits per heavy atom. The summed E-state index contributed by atoms with van der Waals surface area (Å²) in [6.45, 7) is 4.48. The molecule has 7 heteroatoms. The first kappa shape index (κ1) is 20.1. The van der Waals surface area contributed by atoms with E-state index >= 15 is 0 Å². The average Bonchev–Trinajstić information content (AvgIpc) is 2.93. The fraction of sp³-hybridized carbons (Fsp3) is 0.650. The molecular weight excluding hydrogens is 359 g/mol. The molecule has 1 amide bonds. The molecule has 1 aliphatic heterocycles. The number of alkyl halides is 3. The lowest BCUT2D eigenvalue weighted by molar-refractivity contribution is -0.206. The summed E-state index contributed by atoms with van der Waals surface area (Å²) < 4.78 is 37.9. The third-order valence-corrected chi connectivity index (χ3v) is 6.49. The molecule has 1 aromatic carbocycles. The van der Waals surface area contributed by atoms with Crippen molar-refractivity contribution >= 4 is 11.6 Å². The van der Waals surface area contributed by atoms with Crippen LogP contribution in [0, 0.1) is 11.3 Å². The zero-order valence-electron chi connectivity index (χ0n) is 15.6. The number of halogens is 3. The van der Waals surface area contributed by atoms with Crippen LogP contribution in [-0.2, 0) is 4.79 Å². The zero-order valence-corrected chi connectivity index (χ0v) is 15.6. The Morgan fingerprint density at radius 1 is 1.04 bits per heavy atom. The Balaban J connectivity index is 1.73. The Hall–Kier alpha value is -1.60. The molecule has 1 unspecified atom stereocenters. The van der Waals surface area contributed by atoms with Crippen molar-refractivity contribution in [1.29, 1.82) is 0 Å². The van der Waals surface area contributed by atoms with Crippen molar-refractivity contribution in [1.82, 2.24) is 0 Å². The van der Waals surface area contributed by atoms with E-state index in [9.17, 15) is 28.2 Å². The Morgan fingerprint density at radius 3 is 2.07 bits per heavy atom. The first-order chi connectivity index (χ1) is 12.5. The number of benzene rings is 1. The van der Waals surface area contributed by atoms with Gasteiger partial charge in [0.15, 0.2) is 6.10 Å². The predicted octanol–water partition coefficient (Wildman–Crippen LogP) is 3.97. The van der Waals surface area contributed by atoms with Crippen LogP contribution in [0.5, 0.6) is 0 Å². The fourth-order valence-corrected chi connectivity index (χ4v) is 4.30. The van der Waals surface area contributed by atoms with E-state index in [-0.39, 0.29) is 17.4 Å². The third-order valence-electron chi connectivity index (χ3n) is 6.49. The van der Waals surface area contributed by atoms with Gasteiger partial charge in [-0.2, -0.15) is 13.2 Å². The van der Waals surface area contributed by atoms with E-state index in [2.05, 4.69) is 0 Å². The SMILES string of the molecule is CC(C)C1(O)CCC2(CCN(c3ccc(C(O)C(F)(F)F)cc3)C2=O)CC1. The number of hydrogen-bond donors (Lipinski definition) is 2. The monoisotopic (exact) mass is 385 g/mol. The molecule has 2 N–H and O–H groups in total. The van der Waals surface area contributed by atoms with E-state index in [4.69, 9.17) is 0 Å². The smallest absolute Gasteiger partial charge is 0.390 e. The van der Waals surface area contributed by atoms with Crippen molar-refractivity contribution in [2.75, 3.05) is 11.4 Å². The maximum Gasteiger partial charge on any atom is 0.418 e. The molecule has 1 saturated heterocycles. The first-order valence-electron chi connectivity index (χ1n) is 9.38. The summed E-state index contributed by atoms with van der Waals surface area (Å²) in [7, 11) is 0. The van der Waals surface area contributed by atoms with Crippen molar-refractivity contribution in [2.24, 2.45) is 11.3 Å². The number of rotatable bonds is 3. The predicted molar refractivity (Wildman–Crippen MR) is 95.1 cm³/mol. The van der Waals surface area contributed by atoms with Crippen molar-refractivity contribution in [3.8, 4) is 0 Å². The Bertz CT molecular complexity index is 691. The minimum Gasteiger partial charge on any atom is -0.390 e. The highest BCUT2D eigenvalue weighted by Crippen LogP contribution is 2.50.